The molecule has 0 aliphatic carbocycles. The molecule has 3 rings (SSSR count). The molecule has 102 valence electrons. The average molecular weight is 304 g/mol. The molecule has 3 nitrogen and oxygen atoms in total. The number of fused-ring (bicyclic) bond motifs is 1. The second-order valence-corrected chi connectivity index (χ2v) is 5.93. The van der Waals surface area contributed by atoms with Gasteiger partial charge < -0.3 is 5.32 Å². The standard InChI is InChI=1S/C15H14ClN3S/c1-2-17-8-10-9-19-15(20-10)12-5-6-13(16)11-4-3-7-18-14(11)12/h3-7,9,17H,2,8H2,1H3. The van der Waals surface area contributed by atoms with E-state index in [0.29, 0.717) is 0 Å². The van der Waals surface area contributed by atoms with Crippen LogP contribution in [-0.2, 0) is 6.54 Å². The second kappa shape index (κ2) is 5.87. The fraction of sp³-hybridized carbons (Fsp3) is 0.200. The number of pyridine rings is 1. The van der Waals surface area contributed by atoms with Gasteiger partial charge in [-0.15, -0.1) is 11.3 Å². The fourth-order valence-corrected chi connectivity index (χ4v) is 3.20. The maximum Gasteiger partial charge on any atom is 0.125 e. The predicted molar refractivity (Wildman–Crippen MR) is 85.2 cm³/mol. The zero-order chi connectivity index (χ0) is 13.9. The van der Waals surface area contributed by atoms with Gasteiger partial charge in [0.1, 0.15) is 5.01 Å². The van der Waals surface area contributed by atoms with Crippen LogP contribution < -0.4 is 5.32 Å². The molecule has 0 atom stereocenters. The Morgan fingerprint density at radius 1 is 1.25 bits per heavy atom. The normalized spacial score (nSPS) is 11.1. The highest BCUT2D eigenvalue weighted by atomic mass is 35.5. The molecule has 0 amide bonds. The Morgan fingerprint density at radius 3 is 3.00 bits per heavy atom. The smallest absolute Gasteiger partial charge is 0.125 e. The molecule has 0 aliphatic heterocycles. The summed E-state index contributed by atoms with van der Waals surface area (Å²) in [6, 6.07) is 7.79. The van der Waals surface area contributed by atoms with Gasteiger partial charge in [0.15, 0.2) is 0 Å². The molecule has 0 unspecified atom stereocenters. The summed E-state index contributed by atoms with van der Waals surface area (Å²) in [5.74, 6) is 0. The first-order valence-corrected chi connectivity index (χ1v) is 7.68. The summed E-state index contributed by atoms with van der Waals surface area (Å²) in [6.07, 6.45) is 3.71. The van der Waals surface area contributed by atoms with E-state index in [0.717, 1.165) is 39.6 Å². The Labute approximate surface area is 126 Å². The first-order chi connectivity index (χ1) is 9.79. The van der Waals surface area contributed by atoms with Crippen molar-refractivity contribution in [2.45, 2.75) is 13.5 Å². The lowest BCUT2D eigenvalue weighted by atomic mass is 10.1. The van der Waals surface area contributed by atoms with E-state index in [1.807, 2.05) is 30.5 Å². The lowest BCUT2D eigenvalue weighted by Gasteiger charge is -2.04. The van der Waals surface area contributed by atoms with Crippen LogP contribution in [0.5, 0.6) is 0 Å². The molecule has 20 heavy (non-hydrogen) atoms. The summed E-state index contributed by atoms with van der Waals surface area (Å²) in [5, 5.41) is 5.98. The highest BCUT2D eigenvalue weighted by molar-refractivity contribution is 7.15. The lowest BCUT2D eigenvalue weighted by Crippen LogP contribution is -2.10. The number of halogens is 1. The maximum absolute atomic E-state index is 6.22. The van der Waals surface area contributed by atoms with Gasteiger partial charge in [0, 0.05) is 34.8 Å². The van der Waals surface area contributed by atoms with E-state index in [9.17, 15) is 0 Å². The number of hydrogen-bond acceptors (Lipinski definition) is 4. The van der Waals surface area contributed by atoms with Crippen LogP contribution in [0.4, 0.5) is 0 Å². The van der Waals surface area contributed by atoms with Crippen LogP contribution >= 0.6 is 22.9 Å². The van der Waals surface area contributed by atoms with Gasteiger partial charge in [0.2, 0.25) is 0 Å². The number of aromatic nitrogens is 2. The van der Waals surface area contributed by atoms with Crippen LogP contribution in [0.25, 0.3) is 21.5 Å². The van der Waals surface area contributed by atoms with E-state index in [-0.39, 0.29) is 0 Å². The molecule has 0 saturated carbocycles. The summed E-state index contributed by atoms with van der Waals surface area (Å²) < 4.78 is 0. The molecular formula is C15H14ClN3S. The molecule has 3 aromatic rings. The number of nitrogens with zero attached hydrogens (tertiary/aromatic N) is 2. The minimum Gasteiger partial charge on any atom is -0.312 e. The largest absolute Gasteiger partial charge is 0.312 e. The van der Waals surface area contributed by atoms with Gasteiger partial charge in [-0.25, -0.2) is 4.98 Å². The molecule has 2 aromatic heterocycles. The van der Waals surface area contributed by atoms with Gasteiger partial charge in [0.25, 0.3) is 0 Å². The monoisotopic (exact) mass is 303 g/mol. The molecule has 1 N–H and O–H groups in total. The van der Waals surface area contributed by atoms with Crippen LogP contribution in [0.15, 0.2) is 36.7 Å². The Hall–Kier alpha value is -1.49. The lowest BCUT2D eigenvalue weighted by molar-refractivity contribution is 0.734. The fourth-order valence-electron chi connectivity index (χ4n) is 2.07. The average Bonchev–Trinajstić information content (AvgIpc) is 2.94. The number of rotatable bonds is 4. The van der Waals surface area contributed by atoms with Crippen molar-refractivity contribution in [2.24, 2.45) is 0 Å². The van der Waals surface area contributed by atoms with Crippen molar-refractivity contribution in [3.05, 3.63) is 46.6 Å². The molecule has 0 spiro atoms. The highest BCUT2D eigenvalue weighted by Crippen LogP contribution is 2.33. The van der Waals surface area contributed by atoms with Gasteiger partial charge in [-0.1, -0.05) is 18.5 Å². The third-order valence-electron chi connectivity index (χ3n) is 3.05. The van der Waals surface area contributed by atoms with Gasteiger partial charge >= 0.3 is 0 Å². The Balaban J connectivity index is 2.06. The van der Waals surface area contributed by atoms with Crippen LogP contribution in [-0.4, -0.2) is 16.5 Å². The number of hydrogen-bond donors (Lipinski definition) is 1. The van der Waals surface area contributed by atoms with E-state index in [4.69, 9.17) is 11.6 Å². The van der Waals surface area contributed by atoms with E-state index < -0.39 is 0 Å². The van der Waals surface area contributed by atoms with Crippen molar-refractivity contribution in [3.63, 3.8) is 0 Å². The third-order valence-corrected chi connectivity index (χ3v) is 4.41. The van der Waals surface area contributed by atoms with Crippen molar-refractivity contribution in [1.29, 1.82) is 0 Å². The molecule has 0 saturated heterocycles. The topological polar surface area (TPSA) is 37.8 Å². The van der Waals surface area contributed by atoms with E-state index in [2.05, 4.69) is 22.2 Å². The van der Waals surface area contributed by atoms with Gasteiger partial charge in [-0.05, 0) is 30.8 Å². The van der Waals surface area contributed by atoms with Gasteiger partial charge in [-0.3, -0.25) is 4.98 Å². The van der Waals surface area contributed by atoms with Crippen molar-refractivity contribution in [2.75, 3.05) is 6.54 Å². The summed E-state index contributed by atoms with van der Waals surface area (Å²) in [7, 11) is 0. The van der Waals surface area contributed by atoms with Crippen molar-refractivity contribution >= 4 is 33.8 Å². The van der Waals surface area contributed by atoms with Crippen molar-refractivity contribution in [1.82, 2.24) is 15.3 Å². The zero-order valence-corrected chi connectivity index (χ0v) is 12.6. The summed E-state index contributed by atoms with van der Waals surface area (Å²) >= 11 is 7.91. The van der Waals surface area contributed by atoms with Crippen LogP contribution in [0, 0.1) is 0 Å². The maximum atomic E-state index is 6.22. The predicted octanol–water partition coefficient (Wildman–Crippen LogP) is 4.12. The van der Waals surface area contributed by atoms with Crippen LogP contribution in [0.2, 0.25) is 5.02 Å². The van der Waals surface area contributed by atoms with Crippen LogP contribution in [0.1, 0.15) is 11.8 Å². The Bertz CT molecular complexity index is 739. The second-order valence-electron chi connectivity index (χ2n) is 4.41. The molecule has 0 fully saturated rings. The minimum atomic E-state index is 0.723. The molecule has 5 heteroatoms. The first-order valence-electron chi connectivity index (χ1n) is 6.48. The number of nitrogens with one attached hydrogen (secondary N) is 1. The van der Waals surface area contributed by atoms with E-state index in [1.54, 1.807) is 17.5 Å². The molecule has 0 radical (unpaired) electrons. The Kier molecular flexibility index (Phi) is 3.96. The number of benzene rings is 1. The molecule has 1 aromatic carbocycles. The molecular weight excluding hydrogens is 290 g/mol. The first kappa shape index (κ1) is 13.5. The summed E-state index contributed by atoms with van der Waals surface area (Å²) in [5.41, 5.74) is 1.95. The SMILES string of the molecule is CCNCc1cnc(-c2ccc(Cl)c3cccnc23)s1. The molecule has 0 aliphatic rings. The minimum absolute atomic E-state index is 0.723. The Morgan fingerprint density at radius 2 is 2.15 bits per heavy atom. The molecule has 0 bridgehead atoms. The quantitative estimate of drug-likeness (QED) is 0.788. The van der Waals surface area contributed by atoms with Gasteiger partial charge in [-0.2, -0.15) is 0 Å². The zero-order valence-electron chi connectivity index (χ0n) is 11.1. The molecule has 2 heterocycles. The summed E-state index contributed by atoms with van der Waals surface area (Å²) in [6.45, 7) is 3.91. The summed E-state index contributed by atoms with van der Waals surface area (Å²) in [4.78, 5) is 10.2. The number of thiazole rings is 1. The highest BCUT2D eigenvalue weighted by Gasteiger charge is 2.11. The third kappa shape index (κ3) is 2.54. The van der Waals surface area contributed by atoms with E-state index >= 15 is 0 Å². The van der Waals surface area contributed by atoms with Crippen molar-refractivity contribution < 1.29 is 0 Å². The van der Waals surface area contributed by atoms with E-state index in [1.165, 1.54) is 4.88 Å². The van der Waals surface area contributed by atoms with Gasteiger partial charge in [0.05, 0.1) is 10.5 Å². The van der Waals surface area contributed by atoms with Crippen molar-refractivity contribution in [3.8, 4) is 10.6 Å². The van der Waals surface area contributed by atoms with Crippen LogP contribution in [0.3, 0.4) is 0 Å².